The van der Waals surface area contributed by atoms with Gasteiger partial charge in [-0.15, -0.1) is 6.42 Å². The molecule has 0 saturated heterocycles. The second kappa shape index (κ2) is 5.05. The molecule has 0 aliphatic rings. The lowest BCUT2D eigenvalue weighted by Crippen LogP contribution is -2.34. The van der Waals surface area contributed by atoms with Gasteiger partial charge in [0.05, 0.1) is 0 Å². The van der Waals surface area contributed by atoms with Gasteiger partial charge in [-0.2, -0.15) is 5.10 Å². The summed E-state index contributed by atoms with van der Waals surface area (Å²) in [5.41, 5.74) is 2.81. The van der Waals surface area contributed by atoms with Gasteiger partial charge in [-0.1, -0.05) is 23.8 Å². The van der Waals surface area contributed by atoms with E-state index in [9.17, 15) is 0 Å². The van der Waals surface area contributed by atoms with Crippen LogP contribution in [0.5, 0.6) is 0 Å². The first-order valence-electron chi connectivity index (χ1n) is 5.70. The Morgan fingerprint density at radius 1 is 1.35 bits per heavy atom. The summed E-state index contributed by atoms with van der Waals surface area (Å²) in [4.78, 5) is 0. The van der Waals surface area contributed by atoms with Crippen molar-refractivity contribution >= 4 is 5.71 Å². The first kappa shape index (κ1) is 13.3. The van der Waals surface area contributed by atoms with Crippen LogP contribution in [0.15, 0.2) is 29.4 Å². The molecule has 90 valence electrons. The Balaban J connectivity index is 3.09. The maximum Gasteiger partial charge on any atom is 0.140 e. The van der Waals surface area contributed by atoms with E-state index in [2.05, 4.69) is 37.9 Å². The molecule has 1 aromatic carbocycles. The van der Waals surface area contributed by atoms with Crippen LogP contribution >= 0.6 is 0 Å². The summed E-state index contributed by atoms with van der Waals surface area (Å²) in [5, 5.41) is 6.38. The molecule has 0 amide bonds. The molecule has 0 aromatic heterocycles. The molecular formula is C15H20N2. The number of benzene rings is 1. The number of nitrogens with zero attached hydrogens (tertiary/aromatic N) is 2. The molecule has 0 radical (unpaired) electrons. The summed E-state index contributed by atoms with van der Waals surface area (Å²) >= 11 is 0. The fraction of sp³-hybridized carbons (Fsp3) is 0.400. The number of hydrogen-bond acceptors (Lipinski definition) is 2. The second-order valence-corrected chi connectivity index (χ2v) is 5.16. The monoisotopic (exact) mass is 228 g/mol. The minimum absolute atomic E-state index is 0.0358. The lowest BCUT2D eigenvalue weighted by molar-refractivity contribution is 0.184. The van der Waals surface area contributed by atoms with Crippen molar-refractivity contribution in [2.24, 2.45) is 5.10 Å². The van der Waals surface area contributed by atoms with Gasteiger partial charge in [0.2, 0.25) is 0 Å². The predicted molar refractivity (Wildman–Crippen MR) is 74.1 cm³/mol. The Morgan fingerprint density at radius 2 is 2.00 bits per heavy atom. The van der Waals surface area contributed by atoms with Gasteiger partial charge < -0.3 is 0 Å². The number of hydrogen-bond donors (Lipinski definition) is 0. The summed E-state index contributed by atoms with van der Waals surface area (Å²) in [6, 6.07) is 8.08. The lowest BCUT2D eigenvalue weighted by atomic mass is 10.1. The summed E-state index contributed by atoms with van der Waals surface area (Å²) in [5.74, 6) is 2.66. The van der Waals surface area contributed by atoms with Crippen molar-refractivity contribution in [3.05, 3.63) is 35.4 Å². The van der Waals surface area contributed by atoms with Gasteiger partial charge in [-0.3, -0.25) is 5.01 Å². The molecule has 0 heterocycles. The Bertz CT molecular complexity index is 459. The molecule has 0 unspecified atom stereocenters. The maximum absolute atomic E-state index is 5.54. The Kier molecular flexibility index (Phi) is 3.96. The van der Waals surface area contributed by atoms with E-state index in [1.165, 1.54) is 5.56 Å². The number of aryl methyl sites for hydroxylation is 1. The van der Waals surface area contributed by atoms with Crippen LogP contribution in [0.25, 0.3) is 0 Å². The molecule has 0 fully saturated rings. The van der Waals surface area contributed by atoms with Crippen LogP contribution in [0.4, 0.5) is 0 Å². The molecular weight excluding hydrogens is 208 g/mol. The Labute approximate surface area is 104 Å². The van der Waals surface area contributed by atoms with Crippen LogP contribution in [0.2, 0.25) is 0 Å². The topological polar surface area (TPSA) is 15.6 Å². The van der Waals surface area contributed by atoms with Gasteiger partial charge in [0.25, 0.3) is 0 Å². The molecule has 17 heavy (non-hydrogen) atoms. The SMILES string of the molecule is C#C/C(=N\N(C)C(C)(C)C)c1cccc(C)c1. The third-order valence-corrected chi connectivity index (χ3v) is 2.65. The van der Waals surface area contributed by atoms with Crippen molar-refractivity contribution in [2.45, 2.75) is 33.2 Å². The van der Waals surface area contributed by atoms with Crippen LogP contribution in [-0.2, 0) is 0 Å². The number of hydrazone groups is 1. The lowest BCUT2D eigenvalue weighted by Gasteiger charge is -2.29. The number of terminal acetylenes is 1. The Morgan fingerprint density at radius 3 is 2.47 bits per heavy atom. The van der Waals surface area contributed by atoms with Crippen LogP contribution < -0.4 is 0 Å². The summed E-state index contributed by atoms with van der Waals surface area (Å²) in [6.07, 6.45) is 5.54. The second-order valence-electron chi connectivity index (χ2n) is 5.16. The molecule has 0 N–H and O–H groups in total. The highest BCUT2D eigenvalue weighted by atomic mass is 15.5. The van der Waals surface area contributed by atoms with E-state index in [4.69, 9.17) is 6.42 Å². The van der Waals surface area contributed by atoms with Crippen molar-refractivity contribution in [1.29, 1.82) is 0 Å². The van der Waals surface area contributed by atoms with Crippen LogP contribution in [0, 0.1) is 19.3 Å². The Hall–Kier alpha value is -1.75. The molecule has 2 nitrogen and oxygen atoms in total. The quantitative estimate of drug-likeness (QED) is 0.431. The highest BCUT2D eigenvalue weighted by Gasteiger charge is 2.16. The van der Waals surface area contributed by atoms with Crippen molar-refractivity contribution in [2.75, 3.05) is 7.05 Å². The van der Waals surface area contributed by atoms with E-state index in [-0.39, 0.29) is 5.54 Å². The van der Waals surface area contributed by atoms with E-state index in [1.54, 1.807) is 0 Å². The predicted octanol–water partition coefficient (Wildman–Crippen LogP) is 3.06. The average molecular weight is 228 g/mol. The van der Waals surface area contributed by atoms with Gasteiger partial charge in [0.15, 0.2) is 0 Å². The molecule has 0 bridgehead atoms. The first-order chi connectivity index (χ1) is 7.84. The third kappa shape index (κ3) is 3.64. The molecule has 0 aliphatic heterocycles. The molecule has 0 atom stereocenters. The van der Waals surface area contributed by atoms with Crippen molar-refractivity contribution < 1.29 is 0 Å². The zero-order valence-electron chi connectivity index (χ0n) is 11.3. The van der Waals surface area contributed by atoms with Gasteiger partial charge in [-0.05, 0) is 39.7 Å². The minimum Gasteiger partial charge on any atom is -0.294 e. The minimum atomic E-state index is -0.0358. The highest BCUT2D eigenvalue weighted by molar-refractivity contribution is 6.12. The fourth-order valence-electron chi connectivity index (χ4n) is 1.26. The highest BCUT2D eigenvalue weighted by Crippen LogP contribution is 2.13. The van der Waals surface area contributed by atoms with Gasteiger partial charge in [0.1, 0.15) is 5.71 Å². The molecule has 0 spiro atoms. The van der Waals surface area contributed by atoms with Gasteiger partial charge in [0, 0.05) is 18.2 Å². The average Bonchev–Trinajstić information content (AvgIpc) is 2.24. The smallest absolute Gasteiger partial charge is 0.140 e. The van der Waals surface area contributed by atoms with Crippen molar-refractivity contribution in [3.8, 4) is 12.3 Å². The molecule has 1 rings (SSSR count). The van der Waals surface area contributed by atoms with Crippen molar-refractivity contribution in [1.82, 2.24) is 5.01 Å². The summed E-state index contributed by atoms with van der Waals surface area (Å²) in [7, 11) is 1.94. The van der Waals surface area contributed by atoms with E-state index in [1.807, 2.05) is 37.2 Å². The molecule has 1 aromatic rings. The summed E-state index contributed by atoms with van der Waals surface area (Å²) < 4.78 is 0. The maximum atomic E-state index is 5.54. The van der Waals surface area contributed by atoms with Crippen LogP contribution in [-0.4, -0.2) is 23.3 Å². The van der Waals surface area contributed by atoms with E-state index in [0.717, 1.165) is 5.56 Å². The van der Waals surface area contributed by atoms with E-state index in [0.29, 0.717) is 5.71 Å². The zero-order chi connectivity index (χ0) is 13.1. The fourth-order valence-corrected chi connectivity index (χ4v) is 1.26. The first-order valence-corrected chi connectivity index (χ1v) is 5.70. The molecule has 2 heteroatoms. The molecule has 0 saturated carbocycles. The zero-order valence-corrected chi connectivity index (χ0v) is 11.3. The largest absolute Gasteiger partial charge is 0.294 e. The van der Waals surface area contributed by atoms with Gasteiger partial charge >= 0.3 is 0 Å². The summed E-state index contributed by atoms with van der Waals surface area (Å²) in [6.45, 7) is 8.34. The van der Waals surface area contributed by atoms with E-state index >= 15 is 0 Å². The third-order valence-electron chi connectivity index (χ3n) is 2.65. The van der Waals surface area contributed by atoms with Crippen LogP contribution in [0.3, 0.4) is 0 Å². The van der Waals surface area contributed by atoms with Crippen LogP contribution in [0.1, 0.15) is 31.9 Å². The normalized spacial score (nSPS) is 12.1. The van der Waals surface area contributed by atoms with E-state index < -0.39 is 0 Å². The number of rotatable bonds is 2. The standard InChI is InChI=1S/C15H20N2/c1-7-14(16-17(6)15(3,4)5)13-10-8-9-12(2)11-13/h1,8-11H,2-6H3/b16-14+. The van der Waals surface area contributed by atoms with Crippen molar-refractivity contribution in [3.63, 3.8) is 0 Å². The molecule has 0 aliphatic carbocycles. The van der Waals surface area contributed by atoms with Gasteiger partial charge in [-0.25, -0.2) is 0 Å².